The number of alkyl carbamates (subject to hydrolysis) is 1. The minimum absolute atomic E-state index is 0.0479. The molecule has 6 heteroatoms. The van der Waals surface area contributed by atoms with Gasteiger partial charge in [0.05, 0.1) is 18.6 Å². The van der Waals surface area contributed by atoms with Crippen molar-refractivity contribution in [1.29, 1.82) is 0 Å². The van der Waals surface area contributed by atoms with Crippen LogP contribution in [0.1, 0.15) is 60.8 Å². The van der Waals surface area contributed by atoms with Crippen molar-refractivity contribution in [2.75, 3.05) is 13.7 Å². The molecule has 0 aromatic carbocycles. The van der Waals surface area contributed by atoms with E-state index in [0.29, 0.717) is 0 Å². The van der Waals surface area contributed by atoms with Crippen molar-refractivity contribution < 1.29 is 23.7 Å². The first kappa shape index (κ1) is 20.6. The molecule has 154 valence electrons. The van der Waals surface area contributed by atoms with E-state index in [1.807, 2.05) is 20.8 Å². The minimum Gasteiger partial charge on any atom is -0.443 e. The van der Waals surface area contributed by atoms with Crippen molar-refractivity contribution >= 4 is 6.09 Å². The number of allylic oxidation sites excluding steroid dienone is 1. The molecule has 3 fully saturated rings. The van der Waals surface area contributed by atoms with Crippen LogP contribution in [0.2, 0.25) is 0 Å². The van der Waals surface area contributed by atoms with Crippen LogP contribution in [-0.2, 0) is 18.9 Å². The highest BCUT2D eigenvalue weighted by atomic mass is 16.6. The summed E-state index contributed by atoms with van der Waals surface area (Å²) in [6, 6.07) is 0. The molecule has 2 saturated heterocycles. The van der Waals surface area contributed by atoms with Crippen LogP contribution in [0.4, 0.5) is 4.79 Å². The Kier molecular flexibility index (Phi) is 5.38. The Labute approximate surface area is 162 Å². The third-order valence-electron chi connectivity index (χ3n) is 5.97. The first-order valence-electron chi connectivity index (χ1n) is 9.97. The van der Waals surface area contributed by atoms with E-state index >= 15 is 0 Å². The molecule has 1 aliphatic carbocycles. The van der Waals surface area contributed by atoms with Crippen LogP contribution in [0.25, 0.3) is 0 Å². The quantitative estimate of drug-likeness (QED) is 0.582. The zero-order valence-corrected chi connectivity index (χ0v) is 17.8. The Morgan fingerprint density at radius 3 is 2.52 bits per heavy atom. The van der Waals surface area contributed by atoms with Gasteiger partial charge in [-0.25, -0.2) is 4.79 Å². The summed E-state index contributed by atoms with van der Waals surface area (Å²) in [6.45, 7) is 12.9. The predicted molar refractivity (Wildman–Crippen MR) is 103 cm³/mol. The molecule has 1 amide bonds. The zero-order valence-electron chi connectivity index (χ0n) is 17.8. The largest absolute Gasteiger partial charge is 0.443 e. The number of rotatable bonds is 5. The van der Waals surface area contributed by atoms with E-state index in [1.54, 1.807) is 7.11 Å². The van der Waals surface area contributed by atoms with Crippen LogP contribution in [0, 0.1) is 5.92 Å². The molecule has 1 spiro atoms. The number of nitrogens with one attached hydrogen (secondary N) is 1. The molecule has 1 N–H and O–H groups in total. The summed E-state index contributed by atoms with van der Waals surface area (Å²) in [5.74, 6) is 0.0479. The van der Waals surface area contributed by atoms with Gasteiger partial charge in [0.15, 0.2) is 0 Å². The van der Waals surface area contributed by atoms with E-state index < -0.39 is 6.09 Å². The number of carbonyl (C=O) groups is 1. The number of methoxy groups -OCH3 is 1. The molecule has 27 heavy (non-hydrogen) atoms. The maximum atomic E-state index is 12.3. The van der Waals surface area contributed by atoms with Crippen LogP contribution in [-0.4, -0.2) is 54.9 Å². The molecule has 6 nitrogen and oxygen atoms in total. The summed E-state index contributed by atoms with van der Waals surface area (Å²) in [5.41, 5.74) is 0.439. The van der Waals surface area contributed by atoms with Crippen LogP contribution < -0.4 is 5.32 Å². The molecule has 3 rings (SSSR count). The van der Waals surface area contributed by atoms with E-state index in [0.717, 1.165) is 25.9 Å². The van der Waals surface area contributed by atoms with Gasteiger partial charge in [0.1, 0.15) is 23.4 Å². The molecule has 6 atom stereocenters. The molecule has 0 radical (unpaired) electrons. The van der Waals surface area contributed by atoms with Crippen LogP contribution >= 0.6 is 0 Å². The second-order valence-electron chi connectivity index (χ2n) is 9.70. The second kappa shape index (κ2) is 7.05. The van der Waals surface area contributed by atoms with Crippen molar-refractivity contribution in [3.63, 3.8) is 0 Å². The van der Waals surface area contributed by atoms with Crippen LogP contribution in [0.5, 0.6) is 0 Å². The van der Waals surface area contributed by atoms with E-state index in [4.69, 9.17) is 18.9 Å². The predicted octanol–water partition coefficient (Wildman–Crippen LogP) is 3.59. The maximum absolute atomic E-state index is 12.3. The molecular formula is C21H35NO5. The summed E-state index contributed by atoms with van der Waals surface area (Å²) < 4.78 is 23.8. The summed E-state index contributed by atoms with van der Waals surface area (Å²) >= 11 is 0. The van der Waals surface area contributed by atoms with Crippen molar-refractivity contribution in [2.24, 2.45) is 5.92 Å². The van der Waals surface area contributed by atoms with Gasteiger partial charge in [-0.05, 0) is 60.8 Å². The highest BCUT2D eigenvalue weighted by Crippen LogP contribution is 2.59. The third kappa shape index (κ3) is 4.33. The Hall–Kier alpha value is -1.11. The van der Waals surface area contributed by atoms with E-state index in [2.05, 4.69) is 32.2 Å². The van der Waals surface area contributed by atoms with Gasteiger partial charge in [-0.2, -0.15) is 0 Å². The van der Waals surface area contributed by atoms with Gasteiger partial charge in [0.2, 0.25) is 0 Å². The molecule has 3 aliphatic rings. The van der Waals surface area contributed by atoms with Crippen molar-refractivity contribution in [1.82, 2.24) is 5.32 Å². The zero-order chi connectivity index (χ0) is 20.0. The van der Waals surface area contributed by atoms with Gasteiger partial charge in [-0.3, -0.25) is 0 Å². The maximum Gasteiger partial charge on any atom is 0.407 e. The van der Waals surface area contributed by atoms with E-state index in [1.165, 1.54) is 5.57 Å². The number of hydrogen-bond donors (Lipinski definition) is 1. The molecule has 2 heterocycles. The summed E-state index contributed by atoms with van der Waals surface area (Å²) in [5, 5.41) is 2.87. The van der Waals surface area contributed by atoms with E-state index in [9.17, 15) is 4.79 Å². The van der Waals surface area contributed by atoms with Gasteiger partial charge in [-0.15, -0.1) is 0 Å². The van der Waals surface area contributed by atoms with Crippen LogP contribution in [0.15, 0.2) is 11.6 Å². The lowest BCUT2D eigenvalue weighted by Gasteiger charge is -2.42. The number of hydrogen-bond acceptors (Lipinski definition) is 5. The van der Waals surface area contributed by atoms with Crippen molar-refractivity contribution in [3.05, 3.63) is 11.6 Å². The minimum atomic E-state index is -0.399. The highest BCUT2D eigenvalue weighted by molar-refractivity contribution is 5.68. The first-order chi connectivity index (χ1) is 12.5. The second-order valence-corrected chi connectivity index (χ2v) is 9.70. The summed E-state index contributed by atoms with van der Waals surface area (Å²) in [7, 11) is 1.69. The Balaban J connectivity index is 1.74. The Morgan fingerprint density at radius 1 is 1.33 bits per heavy atom. The molecular weight excluding hydrogens is 346 g/mol. The van der Waals surface area contributed by atoms with Crippen molar-refractivity contribution in [2.45, 2.75) is 95.9 Å². The van der Waals surface area contributed by atoms with Gasteiger partial charge in [0.25, 0.3) is 0 Å². The van der Waals surface area contributed by atoms with Gasteiger partial charge in [0, 0.05) is 12.6 Å². The first-order valence-corrected chi connectivity index (χ1v) is 9.97. The number of carbonyl (C=O) groups excluding carboxylic acids is 1. The number of epoxide rings is 2. The Bertz CT molecular complexity index is 602. The fourth-order valence-electron chi connectivity index (χ4n) is 4.54. The average Bonchev–Trinajstić information content (AvgIpc) is 3.43. The fraction of sp³-hybridized carbons (Fsp3) is 0.857. The topological polar surface area (TPSA) is 72.6 Å². The lowest BCUT2D eigenvalue weighted by atomic mass is 9.68. The summed E-state index contributed by atoms with van der Waals surface area (Å²) in [6.07, 6.45) is 3.91. The average molecular weight is 382 g/mol. The molecule has 0 aromatic rings. The smallest absolute Gasteiger partial charge is 0.407 e. The Morgan fingerprint density at radius 2 is 2.00 bits per heavy atom. The third-order valence-corrected chi connectivity index (χ3v) is 5.97. The van der Waals surface area contributed by atoms with E-state index in [-0.39, 0.29) is 41.0 Å². The van der Waals surface area contributed by atoms with Gasteiger partial charge >= 0.3 is 6.09 Å². The highest BCUT2D eigenvalue weighted by Gasteiger charge is 2.72. The lowest BCUT2D eigenvalue weighted by molar-refractivity contribution is -0.118. The fourth-order valence-corrected chi connectivity index (χ4v) is 4.54. The molecule has 0 bridgehead atoms. The molecule has 0 unspecified atom stereocenters. The van der Waals surface area contributed by atoms with Crippen LogP contribution in [0.3, 0.4) is 0 Å². The van der Waals surface area contributed by atoms with Gasteiger partial charge < -0.3 is 24.3 Å². The normalized spacial score (nSPS) is 40.4. The molecule has 2 aliphatic heterocycles. The molecule has 0 aromatic heterocycles. The number of ether oxygens (including phenoxy) is 4. The standard InChI is InChI=1S/C21H35NO5/c1-13(2)8-9-15-20(6,27-15)17-16(24-7)14(10-11-21(17)12-25-21)26-18(23)22-19(3,4)5/h8,14-17H,9-12H2,1-7H3,(H,22,23)/t14-,15-,16-,17+,20+,21+/m1/s1. The molecule has 1 saturated carbocycles. The summed E-state index contributed by atoms with van der Waals surface area (Å²) in [4.78, 5) is 12.3. The SMILES string of the molecule is CO[C@H]1[C@@H]([C@@]2(C)O[C@@H]2CC=C(C)C)[C@]2(CC[C@H]1OC(=O)NC(C)(C)C)CO2. The lowest BCUT2D eigenvalue weighted by Crippen LogP contribution is -2.56. The number of amides is 1. The van der Waals surface area contributed by atoms with Gasteiger partial charge in [-0.1, -0.05) is 11.6 Å². The van der Waals surface area contributed by atoms with Crippen molar-refractivity contribution in [3.8, 4) is 0 Å². The monoisotopic (exact) mass is 381 g/mol.